The third-order valence-corrected chi connectivity index (χ3v) is 7.67. The lowest BCUT2D eigenvalue weighted by Gasteiger charge is -2.59. The highest BCUT2D eigenvalue weighted by atomic mass is 35.5. The average molecular weight is 456 g/mol. The van der Waals surface area contributed by atoms with Gasteiger partial charge in [-0.3, -0.25) is 9.63 Å². The van der Waals surface area contributed by atoms with Gasteiger partial charge in [0.15, 0.2) is 5.82 Å². The number of anilines is 3. The summed E-state index contributed by atoms with van der Waals surface area (Å²) in [5, 5.41) is 7.48. The van der Waals surface area contributed by atoms with Gasteiger partial charge in [-0.15, -0.1) is 0 Å². The third kappa shape index (κ3) is 4.41. The number of carbonyl (C=O) groups excluding carboxylic acids is 1. The summed E-state index contributed by atoms with van der Waals surface area (Å²) in [5.74, 6) is 3.26. The molecule has 1 aromatic carbocycles. The normalized spacial score (nSPS) is 30.2. The van der Waals surface area contributed by atoms with Gasteiger partial charge in [0.05, 0.1) is 19.7 Å². The monoisotopic (exact) mass is 455 g/mol. The molecule has 4 saturated carbocycles. The molecule has 2 aromatic rings. The smallest absolute Gasteiger partial charge is 0.247 e. The first-order valence-corrected chi connectivity index (χ1v) is 11.8. The topological polar surface area (TPSA) is 88.2 Å². The molecule has 1 amide bonds. The maximum absolute atomic E-state index is 11.8. The summed E-state index contributed by atoms with van der Waals surface area (Å²) in [6.45, 7) is 2.47. The van der Waals surface area contributed by atoms with Gasteiger partial charge < -0.3 is 10.6 Å². The molecule has 0 saturated heterocycles. The van der Waals surface area contributed by atoms with Crippen molar-refractivity contribution in [1.82, 2.24) is 15.4 Å². The molecule has 3 N–H and O–H groups in total. The molecule has 0 spiro atoms. The van der Waals surface area contributed by atoms with Gasteiger partial charge in [-0.2, -0.15) is 4.98 Å². The fourth-order valence-electron chi connectivity index (χ4n) is 6.58. The summed E-state index contributed by atoms with van der Waals surface area (Å²) in [6.07, 6.45) is 8.52. The van der Waals surface area contributed by atoms with Crippen molar-refractivity contribution in [1.29, 1.82) is 0 Å². The summed E-state index contributed by atoms with van der Waals surface area (Å²) >= 11 is 6.48. The molecule has 4 bridgehead atoms. The molecule has 6 rings (SSSR count). The van der Waals surface area contributed by atoms with Crippen LogP contribution >= 0.6 is 11.6 Å². The molecule has 1 aromatic heterocycles. The number of carbonyl (C=O) groups is 1. The number of nitrogens with one attached hydrogen (secondary N) is 3. The van der Waals surface area contributed by atoms with E-state index in [1.807, 2.05) is 24.3 Å². The van der Waals surface area contributed by atoms with Crippen molar-refractivity contribution in [2.45, 2.75) is 51.5 Å². The van der Waals surface area contributed by atoms with Gasteiger partial charge in [-0.25, -0.2) is 10.5 Å². The third-order valence-electron chi connectivity index (χ3n) is 7.39. The number of nitrogens with zero attached hydrogens (tertiary/aromatic N) is 2. The molecule has 170 valence electrons. The Morgan fingerprint density at radius 1 is 1.25 bits per heavy atom. The van der Waals surface area contributed by atoms with Crippen molar-refractivity contribution in [2.24, 2.45) is 23.2 Å². The first kappa shape index (κ1) is 21.5. The van der Waals surface area contributed by atoms with E-state index >= 15 is 0 Å². The highest BCUT2D eigenvalue weighted by molar-refractivity contribution is 6.32. The van der Waals surface area contributed by atoms with Crippen LogP contribution in [-0.2, 0) is 16.1 Å². The first-order valence-electron chi connectivity index (χ1n) is 11.4. The van der Waals surface area contributed by atoms with Crippen molar-refractivity contribution in [3.8, 4) is 0 Å². The highest BCUT2D eigenvalue weighted by Crippen LogP contribution is 2.60. The predicted molar refractivity (Wildman–Crippen MR) is 125 cm³/mol. The second-order valence-corrected chi connectivity index (χ2v) is 10.5. The van der Waals surface area contributed by atoms with Crippen molar-refractivity contribution in [3.63, 3.8) is 0 Å². The molecule has 0 radical (unpaired) electrons. The van der Waals surface area contributed by atoms with Crippen LogP contribution in [0.1, 0.15) is 44.6 Å². The fourth-order valence-corrected chi connectivity index (χ4v) is 6.72. The Bertz CT molecular complexity index is 1000. The van der Waals surface area contributed by atoms with Gasteiger partial charge in [0.25, 0.3) is 0 Å². The first-order chi connectivity index (χ1) is 15.4. The number of benzene rings is 1. The molecular weight excluding hydrogens is 426 g/mol. The van der Waals surface area contributed by atoms with E-state index in [0.717, 1.165) is 17.2 Å². The molecule has 1 heterocycles. The quantitative estimate of drug-likeness (QED) is 0.523. The maximum Gasteiger partial charge on any atom is 0.247 e. The molecule has 32 heavy (non-hydrogen) atoms. The van der Waals surface area contributed by atoms with E-state index < -0.39 is 0 Å². The fraction of sp³-hybridized carbons (Fsp3) is 0.542. The minimum absolute atomic E-state index is 0.205. The van der Waals surface area contributed by atoms with Crippen molar-refractivity contribution >= 4 is 35.0 Å². The molecule has 2 atom stereocenters. The number of aromatic nitrogens is 2. The molecule has 4 aliphatic rings. The number of hydroxylamine groups is 1. The highest BCUT2D eigenvalue weighted by Gasteiger charge is 2.53. The van der Waals surface area contributed by atoms with Crippen LogP contribution in [0.15, 0.2) is 30.5 Å². The van der Waals surface area contributed by atoms with Crippen LogP contribution in [0.3, 0.4) is 0 Å². The molecule has 7 nitrogen and oxygen atoms in total. The zero-order valence-corrected chi connectivity index (χ0v) is 19.3. The maximum atomic E-state index is 11.8. The van der Waals surface area contributed by atoms with E-state index in [9.17, 15) is 4.79 Å². The molecule has 2 unspecified atom stereocenters. The molecule has 4 aliphatic carbocycles. The van der Waals surface area contributed by atoms with Crippen molar-refractivity contribution in [2.75, 3.05) is 17.7 Å². The van der Waals surface area contributed by atoms with E-state index in [1.165, 1.54) is 39.2 Å². The van der Waals surface area contributed by atoms with Gasteiger partial charge in [0.2, 0.25) is 11.9 Å². The summed E-state index contributed by atoms with van der Waals surface area (Å²) in [7, 11) is 1.42. The van der Waals surface area contributed by atoms with Crippen LogP contribution in [0.25, 0.3) is 0 Å². The number of halogens is 1. The second-order valence-electron chi connectivity index (χ2n) is 10.1. The van der Waals surface area contributed by atoms with Crippen LogP contribution in [0.4, 0.5) is 17.5 Å². The van der Waals surface area contributed by atoms with Gasteiger partial charge in [0.1, 0.15) is 5.02 Å². The van der Waals surface area contributed by atoms with Crippen LogP contribution in [0.2, 0.25) is 5.02 Å². The van der Waals surface area contributed by atoms with E-state index in [-0.39, 0.29) is 12.3 Å². The Kier molecular flexibility index (Phi) is 5.72. The van der Waals surface area contributed by atoms with Crippen LogP contribution in [0, 0.1) is 23.2 Å². The Morgan fingerprint density at radius 2 is 2.03 bits per heavy atom. The van der Waals surface area contributed by atoms with Crippen LogP contribution in [0.5, 0.6) is 0 Å². The number of rotatable bonds is 7. The van der Waals surface area contributed by atoms with E-state index in [2.05, 4.69) is 32.9 Å². The standard InChI is InChI=1S/C24H30ClN5O2/c1-24-10-15-6-16(11-24)21(17(7-15)12-24)28-22-19(25)13-26-23(29-22)27-18-5-3-4-14(8-18)9-20(31)30-32-2/h3-5,8,13,15-17,21H,6-7,9-12H2,1-2H3,(H,30,31)(H2,26,27,28,29)/t15?,16?,17?,21-,24-. The Labute approximate surface area is 193 Å². The van der Waals surface area contributed by atoms with Gasteiger partial charge in [-0.1, -0.05) is 30.7 Å². The summed E-state index contributed by atoms with van der Waals surface area (Å²) < 4.78 is 0. The Balaban J connectivity index is 1.29. The van der Waals surface area contributed by atoms with Crippen molar-refractivity contribution < 1.29 is 9.63 Å². The molecular formula is C24H30ClN5O2. The lowest BCUT2D eigenvalue weighted by molar-refractivity contribution is -0.130. The largest absolute Gasteiger partial charge is 0.365 e. The van der Waals surface area contributed by atoms with Gasteiger partial charge in [-0.05, 0) is 73.0 Å². The SMILES string of the molecule is CONC(=O)Cc1cccc(Nc2ncc(Cl)c(N[C@H]3C4CC5CC3C[C@@](C)(C5)C4)n2)c1. The molecule has 4 fully saturated rings. The minimum Gasteiger partial charge on any atom is -0.365 e. The van der Waals surface area contributed by atoms with E-state index in [0.29, 0.717) is 40.1 Å². The van der Waals surface area contributed by atoms with Gasteiger partial charge in [0, 0.05) is 11.7 Å². The van der Waals surface area contributed by atoms with Crippen LogP contribution < -0.4 is 16.1 Å². The lowest BCUT2D eigenvalue weighted by Crippen LogP contribution is -2.55. The Morgan fingerprint density at radius 3 is 2.75 bits per heavy atom. The van der Waals surface area contributed by atoms with E-state index in [4.69, 9.17) is 16.6 Å². The summed E-state index contributed by atoms with van der Waals surface area (Å²) in [6, 6.07) is 8.04. The number of hydrogen-bond donors (Lipinski definition) is 3. The molecule has 0 aliphatic heterocycles. The zero-order valence-electron chi connectivity index (χ0n) is 18.5. The lowest BCUT2D eigenvalue weighted by atomic mass is 9.48. The minimum atomic E-state index is -0.205. The number of hydrogen-bond acceptors (Lipinski definition) is 6. The number of amides is 1. The van der Waals surface area contributed by atoms with Crippen molar-refractivity contribution in [3.05, 3.63) is 41.0 Å². The predicted octanol–water partition coefficient (Wildman–Crippen LogP) is 4.72. The summed E-state index contributed by atoms with van der Waals surface area (Å²) in [4.78, 5) is 25.5. The van der Waals surface area contributed by atoms with Crippen LogP contribution in [-0.4, -0.2) is 29.0 Å². The summed E-state index contributed by atoms with van der Waals surface area (Å²) in [5.41, 5.74) is 4.53. The zero-order chi connectivity index (χ0) is 22.3. The molecule has 8 heteroatoms. The Hall–Kier alpha value is -2.38. The van der Waals surface area contributed by atoms with E-state index in [1.54, 1.807) is 6.20 Å². The van der Waals surface area contributed by atoms with Gasteiger partial charge >= 0.3 is 0 Å². The average Bonchev–Trinajstić information content (AvgIpc) is 2.72. The second kappa shape index (κ2) is 8.52.